The average Bonchev–Trinajstić information content (AvgIpc) is 2.51. The van der Waals surface area contributed by atoms with Gasteiger partial charge in [0.2, 0.25) is 0 Å². The Morgan fingerprint density at radius 1 is 1.50 bits per heavy atom. The van der Waals surface area contributed by atoms with E-state index in [1.807, 2.05) is 6.07 Å². The van der Waals surface area contributed by atoms with Crippen molar-refractivity contribution in [3.05, 3.63) is 21.3 Å². The third kappa shape index (κ3) is 3.96. The van der Waals surface area contributed by atoms with Crippen molar-refractivity contribution < 1.29 is 0 Å². The van der Waals surface area contributed by atoms with Crippen LogP contribution >= 0.6 is 22.9 Å². The molecule has 2 nitrogen and oxygen atoms in total. The van der Waals surface area contributed by atoms with Crippen molar-refractivity contribution in [3.8, 4) is 0 Å². The second-order valence-electron chi connectivity index (χ2n) is 3.97. The van der Waals surface area contributed by atoms with Crippen molar-refractivity contribution in [2.24, 2.45) is 5.73 Å². The molecule has 0 amide bonds. The predicted molar refractivity (Wildman–Crippen MR) is 64.2 cm³/mol. The summed E-state index contributed by atoms with van der Waals surface area (Å²) in [4.78, 5) is 1.32. The standard InChI is InChI=1S/C10H17ClN2S/c1-10(2,7-12)13-6-5-8-3-4-9(11)14-8/h3-4,13H,5-7,12H2,1-2H3. The fraction of sp³-hybridized carbons (Fsp3) is 0.600. The summed E-state index contributed by atoms with van der Waals surface area (Å²) in [5.41, 5.74) is 5.64. The SMILES string of the molecule is CC(C)(CN)NCCc1ccc(Cl)s1. The molecule has 0 unspecified atom stereocenters. The summed E-state index contributed by atoms with van der Waals surface area (Å²) in [5.74, 6) is 0. The highest BCUT2D eigenvalue weighted by atomic mass is 35.5. The maximum absolute atomic E-state index is 5.83. The lowest BCUT2D eigenvalue weighted by molar-refractivity contribution is 0.402. The number of halogens is 1. The average molecular weight is 233 g/mol. The molecule has 4 heteroatoms. The minimum absolute atomic E-state index is 0.0288. The van der Waals surface area contributed by atoms with Crippen molar-refractivity contribution >= 4 is 22.9 Å². The molecule has 0 bridgehead atoms. The first-order chi connectivity index (χ1) is 6.53. The lowest BCUT2D eigenvalue weighted by atomic mass is 10.1. The molecule has 0 atom stereocenters. The van der Waals surface area contributed by atoms with Crippen LogP contribution in [0.4, 0.5) is 0 Å². The molecule has 0 saturated carbocycles. The van der Waals surface area contributed by atoms with Gasteiger partial charge in [0.15, 0.2) is 0 Å². The smallest absolute Gasteiger partial charge is 0.0931 e. The van der Waals surface area contributed by atoms with Gasteiger partial charge in [-0.1, -0.05) is 11.6 Å². The van der Waals surface area contributed by atoms with Crippen molar-refractivity contribution in [3.63, 3.8) is 0 Å². The molecule has 0 aromatic carbocycles. The summed E-state index contributed by atoms with van der Waals surface area (Å²) in [6, 6.07) is 4.01. The van der Waals surface area contributed by atoms with Gasteiger partial charge in [0.25, 0.3) is 0 Å². The van der Waals surface area contributed by atoms with Crippen LogP contribution in [0, 0.1) is 0 Å². The highest BCUT2D eigenvalue weighted by Crippen LogP contribution is 2.21. The number of hydrogen-bond acceptors (Lipinski definition) is 3. The van der Waals surface area contributed by atoms with Gasteiger partial charge in [-0.15, -0.1) is 11.3 Å². The van der Waals surface area contributed by atoms with Gasteiger partial charge in [0.05, 0.1) is 4.34 Å². The quantitative estimate of drug-likeness (QED) is 0.818. The van der Waals surface area contributed by atoms with Gasteiger partial charge in [-0.3, -0.25) is 0 Å². The Hall–Kier alpha value is -0.0900. The molecule has 0 saturated heterocycles. The molecular formula is C10H17ClN2S. The topological polar surface area (TPSA) is 38.0 Å². The third-order valence-electron chi connectivity index (χ3n) is 2.11. The molecule has 0 aliphatic heterocycles. The van der Waals surface area contributed by atoms with Crippen LogP contribution in [0.2, 0.25) is 4.34 Å². The fourth-order valence-corrected chi connectivity index (χ4v) is 2.17. The van der Waals surface area contributed by atoms with Crippen molar-refractivity contribution in [2.45, 2.75) is 25.8 Å². The van der Waals surface area contributed by atoms with Gasteiger partial charge in [0, 0.05) is 23.5 Å². The maximum Gasteiger partial charge on any atom is 0.0931 e. The first kappa shape index (κ1) is 12.0. The van der Waals surface area contributed by atoms with E-state index >= 15 is 0 Å². The zero-order chi connectivity index (χ0) is 10.6. The third-order valence-corrected chi connectivity index (χ3v) is 3.41. The molecule has 3 N–H and O–H groups in total. The fourth-order valence-electron chi connectivity index (χ4n) is 1.08. The van der Waals surface area contributed by atoms with Gasteiger partial charge >= 0.3 is 0 Å². The van der Waals surface area contributed by atoms with Gasteiger partial charge in [0.1, 0.15) is 0 Å². The molecule has 80 valence electrons. The summed E-state index contributed by atoms with van der Waals surface area (Å²) in [5, 5.41) is 3.40. The zero-order valence-electron chi connectivity index (χ0n) is 8.64. The molecule has 1 aromatic rings. The van der Waals surface area contributed by atoms with Crippen LogP contribution in [0.5, 0.6) is 0 Å². The van der Waals surface area contributed by atoms with Crippen LogP contribution in [-0.4, -0.2) is 18.6 Å². The van der Waals surface area contributed by atoms with Gasteiger partial charge in [-0.2, -0.15) is 0 Å². The molecule has 0 aliphatic carbocycles. The largest absolute Gasteiger partial charge is 0.329 e. The number of hydrogen-bond donors (Lipinski definition) is 2. The van der Waals surface area contributed by atoms with Crippen LogP contribution in [-0.2, 0) is 6.42 Å². The molecule has 1 heterocycles. The molecule has 14 heavy (non-hydrogen) atoms. The molecule has 0 spiro atoms. The van der Waals surface area contributed by atoms with Crippen LogP contribution in [0.15, 0.2) is 12.1 Å². The second kappa shape index (κ2) is 5.12. The van der Waals surface area contributed by atoms with E-state index in [1.54, 1.807) is 11.3 Å². The van der Waals surface area contributed by atoms with E-state index in [1.165, 1.54) is 4.88 Å². The first-order valence-corrected chi connectivity index (χ1v) is 5.92. The Kier molecular flexibility index (Phi) is 4.38. The lowest BCUT2D eigenvalue weighted by Crippen LogP contribution is -2.46. The van der Waals surface area contributed by atoms with E-state index in [2.05, 4.69) is 25.2 Å². The van der Waals surface area contributed by atoms with Crippen LogP contribution in [0.25, 0.3) is 0 Å². The Morgan fingerprint density at radius 2 is 2.21 bits per heavy atom. The highest BCUT2D eigenvalue weighted by molar-refractivity contribution is 7.16. The van der Waals surface area contributed by atoms with Crippen LogP contribution < -0.4 is 11.1 Å². The van der Waals surface area contributed by atoms with E-state index in [0.29, 0.717) is 6.54 Å². The minimum atomic E-state index is 0.0288. The Morgan fingerprint density at radius 3 is 2.71 bits per heavy atom. The second-order valence-corrected chi connectivity index (χ2v) is 5.77. The summed E-state index contributed by atoms with van der Waals surface area (Å²) in [7, 11) is 0. The highest BCUT2D eigenvalue weighted by Gasteiger charge is 2.13. The first-order valence-electron chi connectivity index (χ1n) is 4.73. The van der Waals surface area contributed by atoms with E-state index < -0.39 is 0 Å². The van der Waals surface area contributed by atoms with Crippen molar-refractivity contribution in [1.82, 2.24) is 5.32 Å². The van der Waals surface area contributed by atoms with Gasteiger partial charge < -0.3 is 11.1 Å². The number of rotatable bonds is 5. The Balaban J connectivity index is 2.28. The van der Waals surface area contributed by atoms with E-state index in [-0.39, 0.29) is 5.54 Å². The zero-order valence-corrected chi connectivity index (χ0v) is 10.2. The lowest BCUT2D eigenvalue weighted by Gasteiger charge is -2.23. The molecule has 0 aliphatic rings. The normalized spacial score (nSPS) is 12.0. The summed E-state index contributed by atoms with van der Waals surface area (Å²) < 4.78 is 0.859. The van der Waals surface area contributed by atoms with Crippen LogP contribution in [0.3, 0.4) is 0 Å². The minimum Gasteiger partial charge on any atom is -0.329 e. The summed E-state index contributed by atoms with van der Waals surface area (Å²) in [6.45, 7) is 5.81. The number of nitrogens with one attached hydrogen (secondary N) is 1. The monoisotopic (exact) mass is 232 g/mol. The molecule has 0 radical (unpaired) electrons. The van der Waals surface area contributed by atoms with Crippen molar-refractivity contribution in [2.75, 3.05) is 13.1 Å². The molecular weight excluding hydrogens is 216 g/mol. The van der Waals surface area contributed by atoms with Gasteiger partial charge in [-0.25, -0.2) is 0 Å². The molecule has 0 fully saturated rings. The Labute approximate surface area is 94.5 Å². The number of thiophene rings is 1. The predicted octanol–water partition coefficient (Wildman–Crippen LogP) is 2.27. The van der Waals surface area contributed by atoms with E-state index in [0.717, 1.165) is 17.3 Å². The van der Waals surface area contributed by atoms with Gasteiger partial charge in [-0.05, 0) is 32.4 Å². The molecule has 1 aromatic heterocycles. The van der Waals surface area contributed by atoms with Crippen LogP contribution in [0.1, 0.15) is 18.7 Å². The summed E-state index contributed by atoms with van der Waals surface area (Å²) in [6.07, 6.45) is 1.01. The van der Waals surface area contributed by atoms with E-state index in [4.69, 9.17) is 17.3 Å². The van der Waals surface area contributed by atoms with Crippen molar-refractivity contribution in [1.29, 1.82) is 0 Å². The summed E-state index contributed by atoms with van der Waals surface area (Å²) >= 11 is 7.47. The Bertz CT molecular complexity index is 283. The maximum atomic E-state index is 5.83. The number of nitrogens with two attached hydrogens (primary N) is 1. The molecule has 1 rings (SSSR count). The van der Waals surface area contributed by atoms with E-state index in [9.17, 15) is 0 Å².